The number of rotatable bonds is 9. The second-order valence-electron chi connectivity index (χ2n) is 11.6. The maximum absolute atomic E-state index is 11.2. The molecule has 4 aliphatic rings. The highest BCUT2D eigenvalue weighted by molar-refractivity contribution is 5.02. The Labute approximate surface area is 243 Å². The largest absolute Gasteiger partial charge is 0.394 e. The van der Waals surface area contributed by atoms with E-state index in [0.717, 1.165) is 0 Å². The third-order valence-electron chi connectivity index (χ3n) is 8.71. The monoisotopic (exact) mass is 612 g/mol. The van der Waals surface area contributed by atoms with Crippen LogP contribution in [0.4, 0.5) is 0 Å². The van der Waals surface area contributed by atoms with Crippen molar-refractivity contribution in [2.45, 2.75) is 149 Å². The molecule has 246 valence electrons. The molecule has 0 radical (unpaired) electrons. The van der Waals surface area contributed by atoms with E-state index in [1.54, 1.807) is 13.8 Å². The number of nitrogens with two attached hydrogens (primary N) is 4. The van der Waals surface area contributed by atoms with E-state index in [9.17, 15) is 35.7 Å². The van der Waals surface area contributed by atoms with E-state index >= 15 is 0 Å². The lowest BCUT2D eigenvalue weighted by Crippen LogP contribution is -2.67. The van der Waals surface area contributed by atoms with Gasteiger partial charge >= 0.3 is 0 Å². The van der Waals surface area contributed by atoms with Gasteiger partial charge in [-0.15, -0.1) is 0 Å². The van der Waals surface area contributed by atoms with E-state index < -0.39 is 123 Å². The minimum absolute atomic E-state index is 0.124. The highest BCUT2D eigenvalue weighted by atomic mass is 16.8. The van der Waals surface area contributed by atoms with Gasteiger partial charge in [-0.05, 0) is 19.3 Å². The Morgan fingerprint density at radius 3 is 1.48 bits per heavy atom. The summed E-state index contributed by atoms with van der Waals surface area (Å²) in [5, 5.41) is 73.4. The quantitative estimate of drug-likeness (QED) is 0.115. The molecule has 0 aromatic rings. The Morgan fingerprint density at radius 2 is 1.00 bits per heavy atom. The van der Waals surface area contributed by atoms with Gasteiger partial charge in [0.25, 0.3) is 0 Å². The summed E-state index contributed by atoms with van der Waals surface area (Å²) in [5.41, 5.74) is 24.6. The maximum Gasteiger partial charge on any atom is 0.187 e. The van der Waals surface area contributed by atoms with Crippen LogP contribution in [0.25, 0.3) is 0 Å². The van der Waals surface area contributed by atoms with Gasteiger partial charge in [0.05, 0.1) is 37.0 Å². The fraction of sp³-hybridized carbons (Fsp3) is 1.00. The van der Waals surface area contributed by atoms with Gasteiger partial charge in [0, 0.05) is 12.1 Å². The summed E-state index contributed by atoms with van der Waals surface area (Å²) in [6.07, 6.45) is -17.6. The lowest BCUT2D eigenvalue weighted by molar-refractivity contribution is -0.308. The fourth-order valence-electron chi connectivity index (χ4n) is 6.03. The summed E-state index contributed by atoms with van der Waals surface area (Å²) in [5.74, 6) is 0. The van der Waals surface area contributed by atoms with Gasteiger partial charge in [0.2, 0.25) is 0 Å². The van der Waals surface area contributed by atoms with Crippen molar-refractivity contribution in [3.63, 3.8) is 0 Å². The maximum atomic E-state index is 11.2. The van der Waals surface area contributed by atoms with Crippen LogP contribution in [0.15, 0.2) is 0 Å². The van der Waals surface area contributed by atoms with Crippen LogP contribution in [0, 0.1) is 0 Å². The number of hydrogen-bond donors (Lipinski definition) is 11. The van der Waals surface area contributed by atoms with Crippen LogP contribution in [0.3, 0.4) is 0 Å². The summed E-state index contributed by atoms with van der Waals surface area (Å²) in [6.45, 7) is 2.88. The molecule has 3 heterocycles. The lowest BCUT2D eigenvalue weighted by Gasteiger charge is -2.47. The first-order valence-corrected chi connectivity index (χ1v) is 14.5. The third-order valence-corrected chi connectivity index (χ3v) is 8.71. The molecule has 0 bridgehead atoms. The highest BCUT2D eigenvalue weighted by Crippen LogP contribution is 2.34. The number of ether oxygens (including phenoxy) is 6. The predicted molar refractivity (Wildman–Crippen MR) is 141 cm³/mol. The molecule has 0 amide bonds. The van der Waals surface area contributed by atoms with Crippen molar-refractivity contribution in [1.29, 1.82) is 0 Å². The smallest absolute Gasteiger partial charge is 0.187 e. The van der Waals surface area contributed by atoms with Gasteiger partial charge in [-0.25, -0.2) is 0 Å². The average molecular weight is 613 g/mol. The van der Waals surface area contributed by atoms with E-state index in [0.29, 0.717) is 12.8 Å². The van der Waals surface area contributed by atoms with Gasteiger partial charge in [-0.1, -0.05) is 13.8 Å². The SMILES string of the molecule is CCC1OC(OC2C(CO)OC(OC3C(O)C(N)CC(N)C3OC3OC(CC)C(O)C(O)C3N)C2O)C(N)C(O)C1O. The molecule has 42 heavy (non-hydrogen) atoms. The van der Waals surface area contributed by atoms with E-state index in [4.69, 9.17) is 51.4 Å². The first-order valence-electron chi connectivity index (χ1n) is 14.5. The molecule has 1 aliphatic carbocycles. The van der Waals surface area contributed by atoms with Crippen LogP contribution >= 0.6 is 0 Å². The summed E-state index contributed by atoms with van der Waals surface area (Å²) >= 11 is 0. The second kappa shape index (κ2) is 14.2. The Morgan fingerprint density at radius 1 is 0.548 bits per heavy atom. The Balaban J connectivity index is 1.50. The van der Waals surface area contributed by atoms with Crippen molar-refractivity contribution < 1.29 is 64.2 Å². The zero-order chi connectivity index (χ0) is 31.0. The summed E-state index contributed by atoms with van der Waals surface area (Å²) < 4.78 is 35.1. The van der Waals surface area contributed by atoms with E-state index in [-0.39, 0.29) is 6.42 Å². The van der Waals surface area contributed by atoms with Crippen LogP contribution in [0.2, 0.25) is 0 Å². The Bertz CT molecular complexity index is 863. The zero-order valence-corrected chi connectivity index (χ0v) is 23.7. The molecule has 0 aromatic carbocycles. The van der Waals surface area contributed by atoms with Crippen LogP contribution in [-0.2, 0) is 28.4 Å². The minimum atomic E-state index is -1.56. The molecular formula is C25H48N4O13. The molecule has 17 nitrogen and oxygen atoms in total. The molecule has 19 unspecified atom stereocenters. The predicted octanol–water partition coefficient (Wildman–Crippen LogP) is -5.99. The van der Waals surface area contributed by atoms with Crippen LogP contribution in [0.5, 0.6) is 0 Å². The van der Waals surface area contributed by atoms with E-state index in [2.05, 4.69) is 0 Å². The fourth-order valence-corrected chi connectivity index (χ4v) is 6.03. The molecular weight excluding hydrogens is 564 g/mol. The Hall–Kier alpha value is -0.680. The standard InChI is InChI=1S/C25H48N4O13/c1-3-9-15(32)17(34)12(28)23(37-9)40-20-8(27)5-7(26)14(31)22(20)42-25-19(36)21(11(6-30)39-25)41-24-13(29)18(35)16(33)10(4-2)38-24/h7-25,30-36H,3-6,26-29H2,1-2H3. The van der Waals surface area contributed by atoms with E-state index in [1.807, 2.05) is 0 Å². The molecule has 19 atom stereocenters. The van der Waals surface area contributed by atoms with Crippen molar-refractivity contribution in [1.82, 2.24) is 0 Å². The van der Waals surface area contributed by atoms with Crippen LogP contribution in [-0.4, -0.2) is 159 Å². The first-order chi connectivity index (χ1) is 19.8. The third kappa shape index (κ3) is 6.63. The van der Waals surface area contributed by atoms with Crippen molar-refractivity contribution >= 4 is 0 Å². The minimum Gasteiger partial charge on any atom is -0.394 e. The first kappa shape index (κ1) is 34.2. The molecule has 3 aliphatic heterocycles. The number of hydrogen-bond acceptors (Lipinski definition) is 17. The summed E-state index contributed by atoms with van der Waals surface area (Å²) in [6, 6.07) is -3.98. The Kier molecular flexibility index (Phi) is 11.5. The summed E-state index contributed by atoms with van der Waals surface area (Å²) in [7, 11) is 0. The number of aliphatic hydroxyl groups is 7. The topological polar surface area (TPSA) is 301 Å². The highest BCUT2D eigenvalue weighted by Gasteiger charge is 2.54. The van der Waals surface area contributed by atoms with Crippen molar-refractivity contribution in [3.8, 4) is 0 Å². The number of aliphatic hydroxyl groups excluding tert-OH is 7. The second-order valence-corrected chi connectivity index (χ2v) is 11.6. The van der Waals surface area contributed by atoms with Crippen LogP contribution in [0.1, 0.15) is 33.1 Å². The normalized spacial score (nSPS) is 53.8. The van der Waals surface area contributed by atoms with Gasteiger partial charge in [0.1, 0.15) is 54.9 Å². The zero-order valence-electron chi connectivity index (χ0n) is 23.7. The average Bonchev–Trinajstić information content (AvgIpc) is 3.27. The van der Waals surface area contributed by atoms with Gasteiger partial charge < -0.3 is 87.1 Å². The molecule has 4 rings (SSSR count). The lowest BCUT2D eigenvalue weighted by atomic mass is 9.84. The molecule has 17 heteroatoms. The van der Waals surface area contributed by atoms with Crippen molar-refractivity contribution in [2.75, 3.05) is 6.61 Å². The molecule has 4 fully saturated rings. The molecule has 1 saturated carbocycles. The van der Waals surface area contributed by atoms with Crippen molar-refractivity contribution in [2.24, 2.45) is 22.9 Å². The van der Waals surface area contributed by atoms with Gasteiger partial charge in [0.15, 0.2) is 18.9 Å². The van der Waals surface area contributed by atoms with E-state index in [1.165, 1.54) is 0 Å². The summed E-state index contributed by atoms with van der Waals surface area (Å²) in [4.78, 5) is 0. The van der Waals surface area contributed by atoms with Gasteiger partial charge in [-0.2, -0.15) is 0 Å². The molecule has 3 saturated heterocycles. The molecule has 0 spiro atoms. The van der Waals surface area contributed by atoms with Crippen LogP contribution < -0.4 is 22.9 Å². The molecule has 15 N–H and O–H groups in total. The molecule has 0 aromatic heterocycles. The van der Waals surface area contributed by atoms with Crippen molar-refractivity contribution in [3.05, 3.63) is 0 Å². The van der Waals surface area contributed by atoms with Gasteiger partial charge in [-0.3, -0.25) is 0 Å².